The molecule has 3 aromatic rings. The SMILES string of the molecule is Cc1ccc(CSC2=Nc3ccccc3C3=N[C@@H](CCC(=O)NCc4cccs4)C(=O)N23)cc1. The molecule has 0 unspecified atom stereocenters. The summed E-state index contributed by atoms with van der Waals surface area (Å²) in [5.74, 6) is 1.14. The molecule has 172 valence electrons. The largest absolute Gasteiger partial charge is 0.351 e. The van der Waals surface area contributed by atoms with Gasteiger partial charge in [-0.3, -0.25) is 14.6 Å². The first-order valence-corrected chi connectivity index (χ1v) is 13.0. The fourth-order valence-corrected chi connectivity index (χ4v) is 5.48. The molecule has 0 saturated carbocycles. The van der Waals surface area contributed by atoms with Crippen LogP contribution in [0, 0.1) is 6.92 Å². The molecule has 0 spiro atoms. The minimum atomic E-state index is -0.584. The van der Waals surface area contributed by atoms with Crippen molar-refractivity contribution < 1.29 is 9.59 Å². The van der Waals surface area contributed by atoms with E-state index in [1.54, 1.807) is 16.2 Å². The van der Waals surface area contributed by atoms with E-state index in [9.17, 15) is 9.59 Å². The van der Waals surface area contributed by atoms with Crippen molar-refractivity contribution in [2.75, 3.05) is 0 Å². The standard InChI is InChI=1S/C26H24N4O2S2/c1-17-8-10-18(11-9-17)16-34-26-29-21-7-3-2-6-20(21)24-28-22(25(32)30(24)26)12-13-23(31)27-15-19-5-4-14-33-19/h2-11,14,22H,12-13,15-16H2,1H3,(H,27,31)/t22-/m0/s1. The van der Waals surface area contributed by atoms with Crippen molar-refractivity contribution in [3.63, 3.8) is 0 Å². The Kier molecular flexibility index (Phi) is 6.60. The maximum atomic E-state index is 13.4. The number of nitrogens with one attached hydrogen (secondary N) is 1. The second kappa shape index (κ2) is 9.95. The monoisotopic (exact) mass is 488 g/mol. The molecule has 2 aliphatic heterocycles. The normalized spacial score (nSPS) is 16.6. The highest BCUT2D eigenvalue weighted by molar-refractivity contribution is 8.13. The summed E-state index contributed by atoms with van der Waals surface area (Å²) in [5, 5.41) is 5.54. The van der Waals surface area contributed by atoms with Gasteiger partial charge in [0.2, 0.25) is 5.91 Å². The topological polar surface area (TPSA) is 74.1 Å². The predicted molar refractivity (Wildman–Crippen MR) is 139 cm³/mol. The zero-order valence-electron chi connectivity index (χ0n) is 18.7. The fraction of sp³-hybridized carbons (Fsp3) is 0.231. The summed E-state index contributed by atoms with van der Waals surface area (Å²) in [6, 6.07) is 19.5. The van der Waals surface area contributed by atoms with Gasteiger partial charge < -0.3 is 5.32 Å². The maximum absolute atomic E-state index is 13.4. The van der Waals surface area contributed by atoms with Gasteiger partial charge in [0.1, 0.15) is 11.9 Å². The molecule has 1 atom stereocenters. The number of rotatable bonds is 7. The van der Waals surface area contributed by atoms with Crippen LogP contribution in [0.1, 0.15) is 34.4 Å². The molecular formula is C26H24N4O2S2. The van der Waals surface area contributed by atoms with Crippen LogP contribution in [0.4, 0.5) is 5.69 Å². The first kappa shape index (κ1) is 22.6. The second-order valence-electron chi connectivity index (χ2n) is 8.22. The van der Waals surface area contributed by atoms with Crippen LogP contribution in [0.15, 0.2) is 76.0 Å². The number of aliphatic imine (C=N–C) groups is 2. The molecule has 0 radical (unpaired) electrons. The van der Waals surface area contributed by atoms with Crippen LogP contribution in [0.3, 0.4) is 0 Å². The number of hydrogen-bond donors (Lipinski definition) is 1. The lowest BCUT2D eigenvalue weighted by atomic mass is 10.1. The van der Waals surface area contributed by atoms with E-state index in [1.165, 1.54) is 22.9 Å². The Hall–Kier alpha value is -3.23. The number of nitrogens with zero attached hydrogens (tertiary/aromatic N) is 3. The minimum Gasteiger partial charge on any atom is -0.351 e. The van der Waals surface area contributed by atoms with E-state index >= 15 is 0 Å². The molecule has 0 aliphatic carbocycles. The minimum absolute atomic E-state index is 0.0747. The Morgan fingerprint density at radius 3 is 2.74 bits per heavy atom. The number of thioether (sulfide) groups is 1. The number of amides is 2. The molecular weight excluding hydrogens is 464 g/mol. The smallest absolute Gasteiger partial charge is 0.259 e. The Bertz CT molecular complexity index is 1270. The van der Waals surface area contributed by atoms with Crippen molar-refractivity contribution in [2.24, 2.45) is 9.98 Å². The third kappa shape index (κ3) is 4.83. The number of carbonyl (C=O) groups excluding carboxylic acids is 2. The fourth-order valence-electron chi connectivity index (χ4n) is 3.87. The van der Waals surface area contributed by atoms with E-state index in [4.69, 9.17) is 9.98 Å². The van der Waals surface area contributed by atoms with Crippen LogP contribution in [-0.4, -0.2) is 33.8 Å². The van der Waals surface area contributed by atoms with Crippen LogP contribution in [0.2, 0.25) is 0 Å². The number of benzene rings is 2. The summed E-state index contributed by atoms with van der Waals surface area (Å²) < 4.78 is 0. The molecule has 0 bridgehead atoms. The van der Waals surface area contributed by atoms with Crippen molar-refractivity contribution in [3.8, 4) is 0 Å². The summed E-state index contributed by atoms with van der Waals surface area (Å²) in [6.45, 7) is 2.57. The molecule has 34 heavy (non-hydrogen) atoms. The summed E-state index contributed by atoms with van der Waals surface area (Å²) in [7, 11) is 0. The van der Waals surface area contributed by atoms with Gasteiger partial charge in [0.15, 0.2) is 5.17 Å². The second-order valence-corrected chi connectivity index (χ2v) is 10.2. The highest BCUT2D eigenvalue weighted by Crippen LogP contribution is 2.35. The van der Waals surface area contributed by atoms with Crippen LogP contribution >= 0.6 is 23.1 Å². The molecule has 0 saturated heterocycles. The first-order valence-electron chi connectivity index (χ1n) is 11.2. The summed E-state index contributed by atoms with van der Waals surface area (Å²) in [4.78, 5) is 38.0. The molecule has 2 aromatic carbocycles. The number of para-hydroxylation sites is 1. The third-order valence-corrected chi connectivity index (χ3v) is 7.61. The zero-order valence-corrected chi connectivity index (χ0v) is 20.4. The molecule has 6 nitrogen and oxygen atoms in total. The number of aryl methyl sites for hydroxylation is 1. The van der Waals surface area contributed by atoms with E-state index in [0.717, 1.165) is 16.1 Å². The Morgan fingerprint density at radius 2 is 1.94 bits per heavy atom. The zero-order chi connectivity index (χ0) is 23.5. The highest BCUT2D eigenvalue weighted by Gasteiger charge is 2.41. The highest BCUT2D eigenvalue weighted by atomic mass is 32.2. The molecule has 2 amide bonds. The number of fused-ring (bicyclic) bond motifs is 3. The van der Waals surface area contributed by atoms with Crippen LogP contribution in [0.5, 0.6) is 0 Å². The maximum Gasteiger partial charge on any atom is 0.259 e. The molecule has 2 aliphatic rings. The Balaban J connectivity index is 1.29. The van der Waals surface area contributed by atoms with Gasteiger partial charge in [-0.05, 0) is 42.5 Å². The average molecular weight is 489 g/mol. The van der Waals surface area contributed by atoms with Gasteiger partial charge in [-0.1, -0.05) is 59.8 Å². The van der Waals surface area contributed by atoms with Crippen LogP contribution < -0.4 is 5.32 Å². The van der Waals surface area contributed by atoms with Crippen molar-refractivity contribution in [3.05, 3.63) is 87.6 Å². The number of thiophene rings is 1. The van der Waals surface area contributed by atoms with Crippen molar-refractivity contribution in [1.82, 2.24) is 10.2 Å². The third-order valence-electron chi connectivity index (χ3n) is 5.72. The lowest BCUT2D eigenvalue weighted by molar-refractivity contribution is -0.125. The van der Waals surface area contributed by atoms with Crippen molar-refractivity contribution in [1.29, 1.82) is 0 Å². The first-order chi connectivity index (χ1) is 16.6. The Morgan fingerprint density at radius 1 is 1.12 bits per heavy atom. The number of hydrogen-bond acceptors (Lipinski definition) is 6. The van der Waals surface area contributed by atoms with E-state index < -0.39 is 6.04 Å². The van der Waals surface area contributed by atoms with E-state index in [2.05, 4.69) is 36.5 Å². The molecule has 0 fully saturated rings. The lowest BCUT2D eigenvalue weighted by Crippen LogP contribution is -2.41. The van der Waals surface area contributed by atoms with Gasteiger partial charge in [0.05, 0.1) is 12.2 Å². The number of carbonyl (C=O) groups is 2. The van der Waals surface area contributed by atoms with Gasteiger partial charge in [0, 0.05) is 22.6 Å². The summed E-state index contributed by atoms with van der Waals surface area (Å²) >= 11 is 3.14. The average Bonchev–Trinajstić information content (AvgIpc) is 3.49. The van der Waals surface area contributed by atoms with Gasteiger partial charge in [0.25, 0.3) is 5.91 Å². The summed E-state index contributed by atoms with van der Waals surface area (Å²) in [6.07, 6.45) is 0.615. The van der Waals surface area contributed by atoms with Crippen LogP contribution in [0.25, 0.3) is 0 Å². The molecule has 8 heteroatoms. The van der Waals surface area contributed by atoms with Crippen molar-refractivity contribution >= 4 is 51.6 Å². The van der Waals surface area contributed by atoms with E-state index in [-0.39, 0.29) is 18.2 Å². The van der Waals surface area contributed by atoms with Gasteiger partial charge in [-0.2, -0.15) is 0 Å². The molecule has 3 heterocycles. The van der Waals surface area contributed by atoms with Crippen LogP contribution in [-0.2, 0) is 21.9 Å². The number of amidine groups is 2. The molecule has 5 rings (SSSR count). The van der Waals surface area contributed by atoms with E-state index in [1.807, 2.05) is 41.8 Å². The predicted octanol–water partition coefficient (Wildman–Crippen LogP) is 5.05. The van der Waals surface area contributed by atoms with Crippen molar-refractivity contribution in [2.45, 2.75) is 38.1 Å². The quantitative estimate of drug-likeness (QED) is 0.506. The van der Waals surface area contributed by atoms with Gasteiger partial charge in [-0.15, -0.1) is 11.3 Å². The lowest BCUT2D eigenvalue weighted by Gasteiger charge is -2.25. The van der Waals surface area contributed by atoms with Gasteiger partial charge in [-0.25, -0.2) is 9.89 Å². The van der Waals surface area contributed by atoms with E-state index in [0.29, 0.717) is 29.7 Å². The Labute approximate surface area is 206 Å². The van der Waals surface area contributed by atoms with Gasteiger partial charge >= 0.3 is 0 Å². The molecule has 1 aromatic heterocycles. The molecule has 1 N–H and O–H groups in total. The summed E-state index contributed by atoms with van der Waals surface area (Å²) in [5.41, 5.74) is 4.04.